The number of carbonyl (C=O) groups excluding carboxylic acids is 1. The van der Waals surface area contributed by atoms with E-state index >= 15 is 0 Å². The minimum absolute atomic E-state index is 0.187. The highest BCUT2D eigenvalue weighted by Gasteiger charge is 2.30. The van der Waals surface area contributed by atoms with E-state index in [9.17, 15) is 18.0 Å². The molecule has 0 bridgehead atoms. The third-order valence-corrected chi connectivity index (χ3v) is 2.85. The Bertz CT molecular complexity index is 684. The molecule has 0 spiro atoms. The van der Waals surface area contributed by atoms with Crippen LogP contribution in [0.2, 0.25) is 0 Å². The van der Waals surface area contributed by atoms with Gasteiger partial charge in [-0.05, 0) is 23.8 Å². The molecular formula is C16H14F3N3O. The van der Waals surface area contributed by atoms with Crippen LogP contribution in [0.25, 0.3) is 0 Å². The van der Waals surface area contributed by atoms with Gasteiger partial charge in [0.1, 0.15) is 0 Å². The second kappa shape index (κ2) is 7.44. The van der Waals surface area contributed by atoms with Crippen LogP contribution in [0.3, 0.4) is 0 Å². The number of nitrogens with one attached hydrogen (secondary N) is 2. The number of rotatable bonds is 5. The number of hydrogen-bond donors (Lipinski definition) is 2. The Balaban J connectivity index is 1.84. The first-order chi connectivity index (χ1) is 10.9. The van der Waals surface area contributed by atoms with E-state index in [0.29, 0.717) is 0 Å². The lowest BCUT2D eigenvalue weighted by Crippen LogP contribution is -2.26. The van der Waals surface area contributed by atoms with Crippen LogP contribution in [0.15, 0.2) is 59.7 Å². The molecule has 0 aliphatic carbocycles. The van der Waals surface area contributed by atoms with E-state index in [2.05, 4.69) is 15.8 Å². The molecule has 0 saturated carbocycles. The zero-order valence-corrected chi connectivity index (χ0v) is 12.0. The second-order valence-electron chi connectivity index (χ2n) is 4.64. The maximum atomic E-state index is 12.6. The number of hydrazone groups is 1. The van der Waals surface area contributed by atoms with E-state index in [1.807, 2.05) is 30.3 Å². The number of halogens is 3. The van der Waals surface area contributed by atoms with Crippen molar-refractivity contribution >= 4 is 17.8 Å². The molecule has 2 rings (SSSR count). The van der Waals surface area contributed by atoms with Gasteiger partial charge in [0.2, 0.25) is 0 Å². The van der Waals surface area contributed by atoms with Crippen molar-refractivity contribution in [2.45, 2.75) is 6.18 Å². The molecule has 0 radical (unpaired) electrons. The Morgan fingerprint density at radius 1 is 1.09 bits per heavy atom. The Morgan fingerprint density at radius 3 is 2.52 bits per heavy atom. The Morgan fingerprint density at radius 2 is 1.83 bits per heavy atom. The van der Waals surface area contributed by atoms with Crippen LogP contribution in [-0.2, 0) is 11.0 Å². The van der Waals surface area contributed by atoms with Crippen LogP contribution in [0.4, 0.5) is 18.9 Å². The molecule has 2 N–H and O–H groups in total. The fourth-order valence-corrected chi connectivity index (χ4v) is 1.75. The van der Waals surface area contributed by atoms with Crippen molar-refractivity contribution in [2.24, 2.45) is 5.10 Å². The van der Waals surface area contributed by atoms with Crippen molar-refractivity contribution in [3.05, 3.63) is 65.7 Å². The Hall–Kier alpha value is -2.83. The third-order valence-electron chi connectivity index (χ3n) is 2.85. The molecule has 4 nitrogen and oxygen atoms in total. The standard InChI is InChI=1S/C16H14F3N3O/c17-16(18,19)13-7-4-8-14(9-13)20-11-15(23)22-21-10-12-5-2-1-3-6-12/h1-10,20H,11H2,(H,22,23)/b21-10-. The van der Waals surface area contributed by atoms with E-state index in [4.69, 9.17) is 0 Å². The molecule has 0 atom stereocenters. The van der Waals surface area contributed by atoms with Crippen molar-refractivity contribution in [3.63, 3.8) is 0 Å². The summed E-state index contributed by atoms with van der Waals surface area (Å²) in [6.45, 7) is -0.187. The summed E-state index contributed by atoms with van der Waals surface area (Å²) in [7, 11) is 0. The summed E-state index contributed by atoms with van der Waals surface area (Å²) in [5.74, 6) is -0.463. The molecular weight excluding hydrogens is 307 g/mol. The minimum atomic E-state index is -4.42. The summed E-state index contributed by atoms with van der Waals surface area (Å²) in [6.07, 6.45) is -2.94. The largest absolute Gasteiger partial charge is 0.416 e. The normalized spacial score (nSPS) is 11.4. The van der Waals surface area contributed by atoms with Gasteiger partial charge in [-0.25, -0.2) is 5.43 Å². The predicted molar refractivity (Wildman–Crippen MR) is 82.1 cm³/mol. The number of amides is 1. The van der Waals surface area contributed by atoms with Gasteiger partial charge in [-0.2, -0.15) is 18.3 Å². The lowest BCUT2D eigenvalue weighted by atomic mass is 10.2. The summed E-state index contributed by atoms with van der Waals surface area (Å²) < 4.78 is 37.7. The highest BCUT2D eigenvalue weighted by Crippen LogP contribution is 2.30. The van der Waals surface area contributed by atoms with Gasteiger partial charge in [0.05, 0.1) is 18.3 Å². The van der Waals surface area contributed by atoms with Crippen LogP contribution in [0.5, 0.6) is 0 Å². The highest BCUT2D eigenvalue weighted by atomic mass is 19.4. The van der Waals surface area contributed by atoms with Crippen molar-refractivity contribution in [3.8, 4) is 0 Å². The molecule has 0 unspecified atom stereocenters. The number of benzene rings is 2. The fraction of sp³-hybridized carbons (Fsp3) is 0.125. The van der Waals surface area contributed by atoms with Crippen LogP contribution >= 0.6 is 0 Å². The lowest BCUT2D eigenvalue weighted by molar-refractivity contribution is -0.137. The van der Waals surface area contributed by atoms with Crippen LogP contribution < -0.4 is 10.7 Å². The molecule has 0 aromatic heterocycles. The molecule has 120 valence electrons. The van der Waals surface area contributed by atoms with Gasteiger partial charge in [-0.1, -0.05) is 36.4 Å². The van der Waals surface area contributed by atoms with Gasteiger partial charge in [-0.15, -0.1) is 0 Å². The first-order valence-electron chi connectivity index (χ1n) is 6.73. The first kappa shape index (κ1) is 16.5. The molecule has 0 fully saturated rings. The molecule has 7 heteroatoms. The van der Waals surface area contributed by atoms with E-state index in [1.165, 1.54) is 18.3 Å². The molecule has 2 aromatic carbocycles. The highest BCUT2D eigenvalue weighted by molar-refractivity contribution is 5.84. The number of nitrogens with zero attached hydrogens (tertiary/aromatic N) is 1. The van der Waals surface area contributed by atoms with Crippen molar-refractivity contribution in [2.75, 3.05) is 11.9 Å². The zero-order valence-electron chi connectivity index (χ0n) is 12.0. The summed E-state index contributed by atoms with van der Waals surface area (Å²) in [5, 5.41) is 6.39. The molecule has 2 aromatic rings. The van der Waals surface area contributed by atoms with Crippen LogP contribution in [0, 0.1) is 0 Å². The van der Waals surface area contributed by atoms with E-state index < -0.39 is 17.6 Å². The molecule has 0 aliphatic rings. The van der Waals surface area contributed by atoms with E-state index in [-0.39, 0.29) is 12.2 Å². The maximum Gasteiger partial charge on any atom is 0.416 e. The average molecular weight is 321 g/mol. The van der Waals surface area contributed by atoms with Gasteiger partial charge < -0.3 is 5.32 Å². The smallest absolute Gasteiger partial charge is 0.376 e. The molecule has 0 saturated heterocycles. The van der Waals surface area contributed by atoms with Gasteiger partial charge in [0.25, 0.3) is 5.91 Å². The number of hydrogen-bond acceptors (Lipinski definition) is 3. The van der Waals surface area contributed by atoms with Gasteiger partial charge in [0, 0.05) is 5.69 Å². The average Bonchev–Trinajstić information content (AvgIpc) is 2.53. The van der Waals surface area contributed by atoms with Crippen LogP contribution in [-0.4, -0.2) is 18.7 Å². The number of alkyl halides is 3. The van der Waals surface area contributed by atoms with Gasteiger partial charge in [0.15, 0.2) is 0 Å². The lowest BCUT2D eigenvalue weighted by Gasteiger charge is -2.09. The summed E-state index contributed by atoms with van der Waals surface area (Å²) in [4.78, 5) is 11.6. The molecule has 0 aliphatic heterocycles. The van der Waals surface area contributed by atoms with E-state index in [0.717, 1.165) is 17.7 Å². The first-order valence-corrected chi connectivity index (χ1v) is 6.73. The van der Waals surface area contributed by atoms with E-state index in [1.54, 1.807) is 0 Å². The summed E-state index contributed by atoms with van der Waals surface area (Å²) in [5.41, 5.74) is 2.55. The fourth-order valence-electron chi connectivity index (χ4n) is 1.75. The zero-order chi connectivity index (χ0) is 16.7. The Labute approximate surface area is 131 Å². The molecule has 1 amide bonds. The minimum Gasteiger partial charge on any atom is -0.376 e. The van der Waals surface area contributed by atoms with Crippen molar-refractivity contribution < 1.29 is 18.0 Å². The third kappa shape index (κ3) is 5.46. The van der Waals surface area contributed by atoms with Crippen molar-refractivity contribution in [1.82, 2.24) is 5.43 Å². The van der Waals surface area contributed by atoms with Gasteiger partial charge in [-0.3, -0.25) is 4.79 Å². The number of anilines is 1. The second-order valence-corrected chi connectivity index (χ2v) is 4.64. The molecule has 23 heavy (non-hydrogen) atoms. The topological polar surface area (TPSA) is 53.5 Å². The van der Waals surface area contributed by atoms with Crippen molar-refractivity contribution in [1.29, 1.82) is 0 Å². The summed E-state index contributed by atoms with van der Waals surface area (Å²) >= 11 is 0. The SMILES string of the molecule is O=C(CNc1cccc(C(F)(F)F)c1)N/N=C\c1ccccc1. The monoisotopic (exact) mass is 321 g/mol. The Kier molecular flexibility index (Phi) is 5.35. The summed E-state index contributed by atoms with van der Waals surface area (Å²) in [6, 6.07) is 13.8. The van der Waals surface area contributed by atoms with Crippen LogP contribution in [0.1, 0.15) is 11.1 Å². The van der Waals surface area contributed by atoms with Gasteiger partial charge >= 0.3 is 6.18 Å². The number of carbonyl (C=O) groups is 1. The predicted octanol–water partition coefficient (Wildman–Crippen LogP) is 3.27. The molecule has 0 heterocycles. The maximum absolute atomic E-state index is 12.6. The quantitative estimate of drug-likeness (QED) is 0.656.